The van der Waals surface area contributed by atoms with E-state index in [0.717, 1.165) is 9.48 Å². The Bertz CT molecular complexity index is 649. The van der Waals surface area contributed by atoms with Gasteiger partial charge in [-0.1, -0.05) is 15.9 Å². The SMILES string of the molecule is CC(C)Oc1cc(Br)cc(NC(=O)c2csc(CN)n2)c1.Cl. The molecule has 1 amide bonds. The van der Waals surface area contributed by atoms with Crippen molar-refractivity contribution < 1.29 is 9.53 Å². The number of thiazole rings is 1. The van der Waals surface area contributed by atoms with Gasteiger partial charge in [0, 0.05) is 28.2 Å². The molecule has 0 bridgehead atoms. The largest absolute Gasteiger partial charge is 0.491 e. The van der Waals surface area contributed by atoms with E-state index >= 15 is 0 Å². The van der Waals surface area contributed by atoms with Crippen molar-refractivity contribution in [3.05, 3.63) is 38.8 Å². The third kappa shape index (κ3) is 5.24. The van der Waals surface area contributed by atoms with Crippen molar-refractivity contribution in [2.75, 3.05) is 5.32 Å². The second-order valence-corrected chi connectivity index (χ2v) is 6.49. The number of carbonyl (C=O) groups excluding carboxylic acids is 1. The number of ether oxygens (including phenoxy) is 1. The van der Waals surface area contributed by atoms with Gasteiger partial charge in [0.1, 0.15) is 16.5 Å². The van der Waals surface area contributed by atoms with E-state index in [-0.39, 0.29) is 24.4 Å². The minimum absolute atomic E-state index is 0. The predicted molar refractivity (Wildman–Crippen MR) is 95.1 cm³/mol. The molecule has 0 saturated carbocycles. The lowest BCUT2D eigenvalue weighted by molar-refractivity contribution is 0.102. The van der Waals surface area contributed by atoms with Crippen LogP contribution in [0.2, 0.25) is 0 Å². The molecule has 22 heavy (non-hydrogen) atoms. The molecule has 0 aliphatic heterocycles. The van der Waals surface area contributed by atoms with Gasteiger partial charge in [-0.25, -0.2) is 4.98 Å². The number of nitrogens with two attached hydrogens (primary N) is 1. The average Bonchev–Trinajstić information content (AvgIpc) is 2.85. The van der Waals surface area contributed by atoms with Crippen LogP contribution in [0.25, 0.3) is 0 Å². The van der Waals surface area contributed by atoms with Crippen LogP contribution in [0.1, 0.15) is 29.3 Å². The summed E-state index contributed by atoms with van der Waals surface area (Å²) in [5.74, 6) is 0.426. The van der Waals surface area contributed by atoms with Gasteiger partial charge in [0.2, 0.25) is 0 Å². The molecular formula is C14H17BrClN3O2S. The van der Waals surface area contributed by atoms with Crippen molar-refractivity contribution >= 4 is 51.3 Å². The molecule has 0 spiro atoms. The number of anilines is 1. The van der Waals surface area contributed by atoms with Crippen LogP contribution in [0.4, 0.5) is 5.69 Å². The monoisotopic (exact) mass is 405 g/mol. The zero-order valence-electron chi connectivity index (χ0n) is 12.1. The number of rotatable bonds is 5. The molecule has 5 nitrogen and oxygen atoms in total. The summed E-state index contributed by atoms with van der Waals surface area (Å²) < 4.78 is 6.46. The van der Waals surface area contributed by atoms with Crippen molar-refractivity contribution in [3.8, 4) is 5.75 Å². The number of nitrogens with zero attached hydrogens (tertiary/aromatic N) is 1. The Labute approximate surface area is 147 Å². The van der Waals surface area contributed by atoms with Crippen molar-refractivity contribution in [3.63, 3.8) is 0 Å². The van der Waals surface area contributed by atoms with E-state index in [2.05, 4.69) is 26.2 Å². The number of hydrogen-bond donors (Lipinski definition) is 2. The highest BCUT2D eigenvalue weighted by atomic mass is 79.9. The molecule has 0 saturated heterocycles. The topological polar surface area (TPSA) is 77.2 Å². The van der Waals surface area contributed by atoms with Crippen LogP contribution in [0.5, 0.6) is 5.75 Å². The number of nitrogens with one attached hydrogen (secondary N) is 1. The molecule has 1 heterocycles. The van der Waals surface area contributed by atoms with Crippen molar-refractivity contribution in [1.29, 1.82) is 0 Å². The van der Waals surface area contributed by atoms with Crippen LogP contribution in [0, 0.1) is 0 Å². The van der Waals surface area contributed by atoms with Crippen LogP contribution < -0.4 is 15.8 Å². The van der Waals surface area contributed by atoms with Crippen LogP contribution in [-0.2, 0) is 6.54 Å². The summed E-state index contributed by atoms with van der Waals surface area (Å²) in [5, 5.41) is 5.23. The fourth-order valence-corrected chi connectivity index (χ4v) is 2.81. The number of halogens is 2. The second kappa shape index (κ2) is 8.47. The first kappa shape index (κ1) is 18.9. The molecule has 1 aromatic heterocycles. The van der Waals surface area contributed by atoms with E-state index in [9.17, 15) is 4.79 Å². The zero-order chi connectivity index (χ0) is 15.4. The van der Waals surface area contributed by atoms with Crippen LogP contribution >= 0.6 is 39.7 Å². The van der Waals surface area contributed by atoms with Gasteiger partial charge in [0.05, 0.1) is 6.10 Å². The molecule has 2 aromatic rings. The molecular weight excluding hydrogens is 390 g/mol. The van der Waals surface area contributed by atoms with E-state index in [1.165, 1.54) is 11.3 Å². The first-order valence-corrected chi connectivity index (χ1v) is 8.08. The van der Waals surface area contributed by atoms with Crippen molar-refractivity contribution in [2.45, 2.75) is 26.5 Å². The third-order valence-electron chi connectivity index (χ3n) is 2.46. The Morgan fingerprint density at radius 2 is 2.18 bits per heavy atom. The van der Waals surface area contributed by atoms with E-state index in [1.807, 2.05) is 19.9 Å². The number of benzene rings is 1. The van der Waals surface area contributed by atoms with E-state index in [4.69, 9.17) is 10.5 Å². The van der Waals surface area contributed by atoms with E-state index < -0.39 is 0 Å². The first-order valence-electron chi connectivity index (χ1n) is 6.41. The van der Waals surface area contributed by atoms with Crippen LogP contribution in [0.3, 0.4) is 0 Å². The quantitative estimate of drug-likeness (QED) is 0.791. The summed E-state index contributed by atoms with van der Waals surface area (Å²) in [6.07, 6.45) is 0.0634. The second-order valence-electron chi connectivity index (χ2n) is 4.63. The maximum atomic E-state index is 12.1. The molecule has 3 N–H and O–H groups in total. The maximum absolute atomic E-state index is 12.1. The molecule has 2 rings (SSSR count). The van der Waals surface area contributed by atoms with Crippen molar-refractivity contribution in [1.82, 2.24) is 4.98 Å². The average molecular weight is 407 g/mol. The standard InChI is InChI=1S/C14H16BrN3O2S.ClH/c1-8(2)20-11-4-9(15)3-10(5-11)17-14(19)12-7-21-13(6-16)18-12;/h3-5,7-8H,6,16H2,1-2H3,(H,17,19);1H. The van der Waals surface area contributed by atoms with Gasteiger partial charge in [0.25, 0.3) is 5.91 Å². The Hall–Kier alpha value is -1.15. The smallest absolute Gasteiger partial charge is 0.275 e. The molecule has 0 aliphatic rings. The highest BCUT2D eigenvalue weighted by Crippen LogP contribution is 2.26. The summed E-state index contributed by atoms with van der Waals surface area (Å²) in [6, 6.07) is 5.44. The van der Waals surface area contributed by atoms with Gasteiger partial charge in [-0.15, -0.1) is 23.7 Å². The molecule has 0 aliphatic carbocycles. The lowest BCUT2D eigenvalue weighted by atomic mass is 10.3. The van der Waals surface area contributed by atoms with Gasteiger partial charge in [-0.05, 0) is 26.0 Å². The van der Waals surface area contributed by atoms with Gasteiger partial charge in [-0.3, -0.25) is 4.79 Å². The molecule has 1 aromatic carbocycles. The summed E-state index contributed by atoms with van der Waals surface area (Å²) in [7, 11) is 0. The highest BCUT2D eigenvalue weighted by Gasteiger charge is 2.12. The minimum Gasteiger partial charge on any atom is -0.491 e. The molecule has 0 unspecified atom stereocenters. The fraction of sp³-hybridized carbons (Fsp3) is 0.286. The summed E-state index contributed by atoms with van der Waals surface area (Å²) >= 11 is 4.78. The number of carbonyl (C=O) groups is 1. The van der Waals surface area contributed by atoms with Gasteiger partial charge < -0.3 is 15.8 Å². The van der Waals surface area contributed by atoms with Gasteiger partial charge in [-0.2, -0.15) is 0 Å². The lowest BCUT2D eigenvalue weighted by Crippen LogP contribution is -2.13. The third-order valence-corrected chi connectivity index (χ3v) is 3.79. The summed E-state index contributed by atoms with van der Waals surface area (Å²) in [6.45, 7) is 4.23. The van der Waals surface area contributed by atoms with E-state index in [1.54, 1.807) is 17.5 Å². The number of hydrogen-bond acceptors (Lipinski definition) is 5. The molecule has 0 atom stereocenters. The summed E-state index contributed by atoms with van der Waals surface area (Å²) in [4.78, 5) is 16.3. The van der Waals surface area contributed by atoms with Crippen molar-refractivity contribution in [2.24, 2.45) is 5.73 Å². The minimum atomic E-state index is -0.264. The lowest BCUT2D eigenvalue weighted by Gasteiger charge is -2.12. The Morgan fingerprint density at radius 1 is 1.45 bits per heavy atom. The molecule has 8 heteroatoms. The highest BCUT2D eigenvalue weighted by molar-refractivity contribution is 9.10. The van der Waals surface area contributed by atoms with Crippen LogP contribution in [-0.4, -0.2) is 17.0 Å². The van der Waals surface area contributed by atoms with Crippen LogP contribution in [0.15, 0.2) is 28.1 Å². The number of amides is 1. The maximum Gasteiger partial charge on any atom is 0.275 e. The number of aromatic nitrogens is 1. The fourth-order valence-electron chi connectivity index (χ4n) is 1.68. The predicted octanol–water partition coefficient (Wildman–Crippen LogP) is 3.83. The van der Waals surface area contributed by atoms with Gasteiger partial charge in [0.15, 0.2) is 0 Å². The normalized spacial score (nSPS) is 10.2. The Morgan fingerprint density at radius 3 is 2.77 bits per heavy atom. The molecule has 0 fully saturated rings. The zero-order valence-corrected chi connectivity index (χ0v) is 15.3. The Kier molecular flexibility index (Phi) is 7.28. The van der Waals surface area contributed by atoms with E-state index in [0.29, 0.717) is 23.7 Å². The molecule has 120 valence electrons. The molecule has 0 radical (unpaired) electrons. The Balaban J connectivity index is 0.00000242. The van der Waals surface area contributed by atoms with Gasteiger partial charge >= 0.3 is 0 Å². The summed E-state index contributed by atoms with van der Waals surface area (Å²) in [5.41, 5.74) is 6.51. The first-order chi connectivity index (χ1) is 9.97.